The lowest BCUT2D eigenvalue weighted by atomic mass is 9.93. The van der Waals surface area contributed by atoms with E-state index in [0.29, 0.717) is 0 Å². The maximum Gasteiger partial charge on any atom is 0.162 e. The SMILES string of the molecule is CC(C)(C)C(O)=CC(=O)C1CC1. The maximum atomic E-state index is 11.2. The van der Waals surface area contributed by atoms with Crippen LogP contribution in [0.4, 0.5) is 0 Å². The first kappa shape index (κ1) is 9.30. The second kappa shape index (κ2) is 2.92. The van der Waals surface area contributed by atoms with E-state index in [1.165, 1.54) is 6.08 Å². The molecule has 1 N–H and O–H groups in total. The predicted octanol–water partition coefficient (Wildman–Crippen LogP) is 2.45. The molecule has 0 amide bonds. The molecule has 0 atom stereocenters. The molecule has 1 aliphatic carbocycles. The van der Waals surface area contributed by atoms with Crippen LogP contribution in [0.25, 0.3) is 0 Å². The highest BCUT2D eigenvalue weighted by molar-refractivity contribution is 5.93. The topological polar surface area (TPSA) is 37.3 Å². The molecule has 2 heteroatoms. The van der Waals surface area contributed by atoms with Crippen molar-refractivity contribution in [3.05, 3.63) is 11.8 Å². The summed E-state index contributed by atoms with van der Waals surface area (Å²) in [7, 11) is 0. The fourth-order valence-electron chi connectivity index (χ4n) is 0.837. The molecule has 68 valence electrons. The summed E-state index contributed by atoms with van der Waals surface area (Å²) in [4.78, 5) is 11.2. The molecule has 0 aromatic heterocycles. The minimum absolute atomic E-state index is 0.0856. The van der Waals surface area contributed by atoms with E-state index in [4.69, 9.17) is 0 Å². The molecule has 0 saturated heterocycles. The van der Waals surface area contributed by atoms with Crippen molar-refractivity contribution < 1.29 is 9.90 Å². The third-order valence-electron chi connectivity index (χ3n) is 2.03. The molecular formula is C10H16O2. The van der Waals surface area contributed by atoms with E-state index in [9.17, 15) is 9.90 Å². The minimum atomic E-state index is -0.301. The summed E-state index contributed by atoms with van der Waals surface area (Å²) in [5.74, 6) is 0.483. The molecule has 0 heterocycles. The van der Waals surface area contributed by atoms with Gasteiger partial charge in [-0.25, -0.2) is 0 Å². The van der Waals surface area contributed by atoms with E-state index in [-0.39, 0.29) is 22.9 Å². The Kier molecular flexibility index (Phi) is 2.27. The number of aliphatic hydroxyl groups excluding tert-OH is 1. The average molecular weight is 168 g/mol. The van der Waals surface area contributed by atoms with Gasteiger partial charge in [0.25, 0.3) is 0 Å². The van der Waals surface area contributed by atoms with Crippen LogP contribution in [0.3, 0.4) is 0 Å². The molecular weight excluding hydrogens is 152 g/mol. The number of rotatable bonds is 2. The van der Waals surface area contributed by atoms with Gasteiger partial charge in [0.05, 0.1) is 0 Å². The van der Waals surface area contributed by atoms with Gasteiger partial charge in [0.15, 0.2) is 5.78 Å². The van der Waals surface area contributed by atoms with E-state index in [2.05, 4.69) is 0 Å². The molecule has 0 aromatic rings. The van der Waals surface area contributed by atoms with Gasteiger partial charge in [0.1, 0.15) is 5.76 Å². The van der Waals surface area contributed by atoms with Crippen molar-refractivity contribution in [1.29, 1.82) is 0 Å². The maximum absolute atomic E-state index is 11.2. The fraction of sp³-hybridized carbons (Fsp3) is 0.700. The lowest BCUT2D eigenvalue weighted by Gasteiger charge is -2.16. The number of carbonyl (C=O) groups excluding carboxylic acids is 1. The molecule has 1 rings (SSSR count). The van der Waals surface area contributed by atoms with Crippen LogP contribution >= 0.6 is 0 Å². The Labute approximate surface area is 73.3 Å². The van der Waals surface area contributed by atoms with Crippen molar-refractivity contribution in [3.8, 4) is 0 Å². The minimum Gasteiger partial charge on any atom is -0.512 e. The van der Waals surface area contributed by atoms with Crippen molar-refractivity contribution in [2.75, 3.05) is 0 Å². The van der Waals surface area contributed by atoms with Crippen molar-refractivity contribution in [3.63, 3.8) is 0 Å². The first-order chi connectivity index (χ1) is 5.41. The predicted molar refractivity (Wildman–Crippen MR) is 47.9 cm³/mol. The number of carbonyl (C=O) groups is 1. The lowest BCUT2D eigenvalue weighted by molar-refractivity contribution is -0.115. The quantitative estimate of drug-likeness (QED) is 0.508. The van der Waals surface area contributed by atoms with Gasteiger partial charge in [0.2, 0.25) is 0 Å². The zero-order chi connectivity index (χ0) is 9.35. The highest BCUT2D eigenvalue weighted by atomic mass is 16.3. The standard InChI is InChI=1S/C10H16O2/c1-10(2,3)9(12)6-8(11)7-4-5-7/h6-7,12H,4-5H2,1-3H3. The first-order valence-corrected chi connectivity index (χ1v) is 4.36. The third kappa shape index (κ3) is 2.36. The second-order valence-corrected chi connectivity index (χ2v) is 4.46. The molecule has 0 unspecified atom stereocenters. The Bertz CT molecular complexity index is 216. The Morgan fingerprint density at radius 3 is 2.25 bits per heavy atom. The number of ketones is 1. The highest BCUT2D eigenvalue weighted by Crippen LogP contribution is 2.32. The van der Waals surface area contributed by atoms with Crippen molar-refractivity contribution in [1.82, 2.24) is 0 Å². The number of hydrogen-bond acceptors (Lipinski definition) is 2. The van der Waals surface area contributed by atoms with Crippen LogP contribution < -0.4 is 0 Å². The zero-order valence-electron chi connectivity index (χ0n) is 7.92. The van der Waals surface area contributed by atoms with Crippen LogP contribution in [0.5, 0.6) is 0 Å². The van der Waals surface area contributed by atoms with E-state index in [0.717, 1.165) is 12.8 Å². The van der Waals surface area contributed by atoms with Gasteiger partial charge < -0.3 is 5.11 Å². The van der Waals surface area contributed by atoms with Crippen molar-refractivity contribution in [2.24, 2.45) is 11.3 Å². The second-order valence-electron chi connectivity index (χ2n) is 4.46. The van der Waals surface area contributed by atoms with E-state index >= 15 is 0 Å². The largest absolute Gasteiger partial charge is 0.512 e. The van der Waals surface area contributed by atoms with Crippen LogP contribution in [-0.4, -0.2) is 10.9 Å². The average Bonchev–Trinajstić information content (AvgIpc) is 2.65. The van der Waals surface area contributed by atoms with Crippen molar-refractivity contribution in [2.45, 2.75) is 33.6 Å². The fourth-order valence-corrected chi connectivity index (χ4v) is 0.837. The van der Waals surface area contributed by atoms with Gasteiger partial charge in [0, 0.05) is 17.4 Å². The number of aliphatic hydroxyl groups is 1. The van der Waals surface area contributed by atoms with Gasteiger partial charge in [-0.05, 0) is 12.8 Å². The molecule has 2 nitrogen and oxygen atoms in total. The van der Waals surface area contributed by atoms with Gasteiger partial charge in [-0.2, -0.15) is 0 Å². The Hall–Kier alpha value is -0.790. The van der Waals surface area contributed by atoms with E-state index in [1.807, 2.05) is 20.8 Å². The van der Waals surface area contributed by atoms with Crippen LogP contribution in [0.2, 0.25) is 0 Å². The Morgan fingerprint density at radius 1 is 1.42 bits per heavy atom. The third-order valence-corrected chi connectivity index (χ3v) is 2.03. The normalized spacial score (nSPS) is 19.4. The van der Waals surface area contributed by atoms with Crippen LogP contribution in [-0.2, 0) is 4.79 Å². The Morgan fingerprint density at radius 2 is 1.92 bits per heavy atom. The summed E-state index contributed by atoms with van der Waals surface area (Å²) in [6, 6.07) is 0. The van der Waals surface area contributed by atoms with Gasteiger partial charge >= 0.3 is 0 Å². The van der Waals surface area contributed by atoms with Crippen LogP contribution in [0, 0.1) is 11.3 Å². The molecule has 0 aliphatic heterocycles. The summed E-state index contributed by atoms with van der Waals surface area (Å²) < 4.78 is 0. The smallest absolute Gasteiger partial charge is 0.162 e. The van der Waals surface area contributed by atoms with Crippen molar-refractivity contribution >= 4 is 5.78 Å². The molecule has 0 bridgehead atoms. The first-order valence-electron chi connectivity index (χ1n) is 4.36. The summed E-state index contributed by atoms with van der Waals surface area (Å²) in [5, 5.41) is 9.47. The van der Waals surface area contributed by atoms with Crippen LogP contribution in [0.1, 0.15) is 33.6 Å². The Balaban J connectivity index is 2.60. The summed E-state index contributed by atoms with van der Waals surface area (Å²) in [5.41, 5.74) is -0.301. The van der Waals surface area contributed by atoms with Crippen LogP contribution in [0.15, 0.2) is 11.8 Å². The highest BCUT2D eigenvalue weighted by Gasteiger charge is 2.29. The molecule has 0 spiro atoms. The van der Waals surface area contributed by atoms with Gasteiger partial charge in [-0.3, -0.25) is 4.79 Å². The molecule has 1 saturated carbocycles. The molecule has 0 radical (unpaired) electrons. The van der Waals surface area contributed by atoms with E-state index < -0.39 is 0 Å². The zero-order valence-corrected chi connectivity index (χ0v) is 7.92. The molecule has 12 heavy (non-hydrogen) atoms. The monoisotopic (exact) mass is 168 g/mol. The summed E-state index contributed by atoms with van der Waals surface area (Å²) >= 11 is 0. The number of allylic oxidation sites excluding steroid dienone is 2. The molecule has 1 fully saturated rings. The molecule has 0 aromatic carbocycles. The van der Waals surface area contributed by atoms with Gasteiger partial charge in [-0.1, -0.05) is 20.8 Å². The summed E-state index contributed by atoms with van der Waals surface area (Å²) in [6.45, 7) is 5.66. The number of hydrogen-bond donors (Lipinski definition) is 1. The van der Waals surface area contributed by atoms with Gasteiger partial charge in [-0.15, -0.1) is 0 Å². The van der Waals surface area contributed by atoms with E-state index in [1.54, 1.807) is 0 Å². The summed E-state index contributed by atoms with van der Waals surface area (Å²) in [6.07, 6.45) is 3.37. The molecule has 1 aliphatic rings. The lowest BCUT2D eigenvalue weighted by Crippen LogP contribution is -2.11.